The topological polar surface area (TPSA) is 66.0 Å². The maximum Gasteiger partial charge on any atom is 0.251 e. The van der Waals surface area contributed by atoms with Crippen LogP contribution in [0.3, 0.4) is 0 Å². The number of aliphatic hydroxyl groups is 1. The molecule has 2 N–H and O–H groups in total. The molecule has 2 aromatic rings. The highest BCUT2D eigenvalue weighted by Gasteiger charge is 2.07. The highest BCUT2D eigenvalue weighted by Crippen LogP contribution is 2.23. The van der Waals surface area contributed by atoms with Crippen LogP contribution in [-0.2, 0) is 6.61 Å². The Morgan fingerprint density at radius 2 is 2.33 bits per heavy atom. The van der Waals surface area contributed by atoms with Crippen molar-refractivity contribution >= 4 is 22.6 Å². The van der Waals surface area contributed by atoms with E-state index in [9.17, 15) is 4.79 Å². The molecule has 15 heavy (non-hydrogen) atoms. The zero-order chi connectivity index (χ0) is 11.0. The van der Waals surface area contributed by atoms with Crippen LogP contribution >= 0.6 is 11.6 Å². The second-order valence-electron chi connectivity index (χ2n) is 3.30. The van der Waals surface area contributed by atoms with Crippen LogP contribution in [0.15, 0.2) is 17.1 Å². The molecular formula is C10H9ClN2O2. The first kappa shape index (κ1) is 10.1. The zero-order valence-electron chi connectivity index (χ0n) is 8.04. The van der Waals surface area contributed by atoms with E-state index in [4.69, 9.17) is 16.7 Å². The lowest BCUT2D eigenvalue weighted by molar-refractivity contribution is 0.281. The summed E-state index contributed by atoms with van der Waals surface area (Å²) in [5.74, 6) is 0. The van der Waals surface area contributed by atoms with Crippen molar-refractivity contribution in [3.05, 3.63) is 38.8 Å². The van der Waals surface area contributed by atoms with Crippen LogP contribution in [0.1, 0.15) is 11.1 Å². The predicted octanol–water partition coefficient (Wildman–Crippen LogP) is 1.38. The van der Waals surface area contributed by atoms with Crippen LogP contribution in [0.4, 0.5) is 0 Å². The lowest BCUT2D eigenvalue weighted by Gasteiger charge is -2.04. The number of fused-ring (bicyclic) bond motifs is 1. The van der Waals surface area contributed by atoms with Crippen molar-refractivity contribution in [3.8, 4) is 0 Å². The average molecular weight is 225 g/mol. The maximum absolute atomic E-state index is 11.4. The molecule has 0 bridgehead atoms. The molecule has 0 aliphatic rings. The van der Waals surface area contributed by atoms with Gasteiger partial charge in [0.1, 0.15) is 0 Å². The lowest BCUT2D eigenvalue weighted by Crippen LogP contribution is -2.09. The molecule has 0 saturated heterocycles. The van der Waals surface area contributed by atoms with Crippen molar-refractivity contribution in [2.24, 2.45) is 0 Å². The molecule has 0 radical (unpaired) electrons. The average Bonchev–Trinajstić information content (AvgIpc) is 2.22. The summed E-state index contributed by atoms with van der Waals surface area (Å²) in [6, 6.07) is 1.67. The highest BCUT2D eigenvalue weighted by molar-refractivity contribution is 6.35. The van der Waals surface area contributed by atoms with Crippen molar-refractivity contribution in [1.82, 2.24) is 9.97 Å². The summed E-state index contributed by atoms with van der Waals surface area (Å²) in [4.78, 5) is 18.1. The van der Waals surface area contributed by atoms with Gasteiger partial charge in [0, 0.05) is 17.3 Å². The van der Waals surface area contributed by atoms with Crippen molar-refractivity contribution in [3.63, 3.8) is 0 Å². The summed E-state index contributed by atoms with van der Waals surface area (Å²) < 4.78 is 0. The van der Waals surface area contributed by atoms with E-state index in [-0.39, 0.29) is 12.2 Å². The molecule has 0 saturated carbocycles. The number of rotatable bonds is 1. The molecule has 2 aromatic heterocycles. The number of halogens is 1. The molecule has 2 rings (SSSR count). The van der Waals surface area contributed by atoms with Gasteiger partial charge in [0.25, 0.3) is 5.56 Å². The molecule has 0 aliphatic carbocycles. The predicted molar refractivity (Wildman–Crippen MR) is 58.0 cm³/mol. The summed E-state index contributed by atoms with van der Waals surface area (Å²) in [6.07, 6.45) is 1.50. The van der Waals surface area contributed by atoms with Gasteiger partial charge in [-0.1, -0.05) is 11.6 Å². The molecule has 5 heteroatoms. The summed E-state index contributed by atoms with van der Waals surface area (Å²) in [5.41, 5.74) is 1.99. The number of aryl methyl sites for hydroxylation is 1. The van der Waals surface area contributed by atoms with E-state index in [0.717, 1.165) is 0 Å². The van der Waals surface area contributed by atoms with Crippen LogP contribution in [0.5, 0.6) is 0 Å². The molecule has 0 amide bonds. The largest absolute Gasteiger partial charge is 0.392 e. The van der Waals surface area contributed by atoms with E-state index < -0.39 is 0 Å². The number of nitrogens with one attached hydrogen (secondary N) is 1. The zero-order valence-corrected chi connectivity index (χ0v) is 8.80. The number of aliphatic hydroxyl groups excluding tert-OH is 1. The molecule has 0 fully saturated rings. The number of pyridine rings is 2. The van der Waals surface area contributed by atoms with Crippen molar-refractivity contribution in [1.29, 1.82) is 0 Å². The van der Waals surface area contributed by atoms with Crippen LogP contribution in [0, 0.1) is 6.92 Å². The highest BCUT2D eigenvalue weighted by atomic mass is 35.5. The number of hydrogen-bond acceptors (Lipinski definition) is 3. The second-order valence-corrected chi connectivity index (χ2v) is 3.68. The van der Waals surface area contributed by atoms with Crippen LogP contribution < -0.4 is 5.56 Å². The Morgan fingerprint density at radius 1 is 1.60 bits per heavy atom. The van der Waals surface area contributed by atoms with Gasteiger partial charge in [-0.15, -0.1) is 0 Å². The summed E-state index contributed by atoms with van der Waals surface area (Å²) in [5, 5.41) is 9.33. The molecule has 78 valence electrons. The van der Waals surface area contributed by atoms with Gasteiger partial charge in [0.2, 0.25) is 0 Å². The Labute approximate surface area is 90.5 Å². The Bertz CT molecular complexity index is 577. The van der Waals surface area contributed by atoms with Gasteiger partial charge in [0.05, 0.1) is 22.7 Å². The van der Waals surface area contributed by atoms with E-state index in [0.29, 0.717) is 27.2 Å². The molecule has 2 heterocycles. The minimum absolute atomic E-state index is 0.193. The van der Waals surface area contributed by atoms with Gasteiger partial charge in [-0.05, 0) is 13.0 Å². The van der Waals surface area contributed by atoms with Crippen LogP contribution in [0.25, 0.3) is 11.0 Å². The number of aromatic amines is 1. The maximum atomic E-state index is 11.4. The third-order valence-corrected chi connectivity index (χ3v) is 2.67. The first-order valence-corrected chi connectivity index (χ1v) is 4.79. The standard InChI is InChI=1S/C10H9ClN2O2/c1-5-2-7-9(13-10(5)15)8(11)6(4-14)3-12-7/h2-3,14H,4H2,1H3,(H,13,15). The Hall–Kier alpha value is -1.39. The van der Waals surface area contributed by atoms with E-state index in [1.54, 1.807) is 13.0 Å². The summed E-state index contributed by atoms with van der Waals surface area (Å²) >= 11 is 6.00. The van der Waals surface area contributed by atoms with Crippen LogP contribution in [-0.4, -0.2) is 15.1 Å². The van der Waals surface area contributed by atoms with Gasteiger partial charge in [-0.3, -0.25) is 9.78 Å². The van der Waals surface area contributed by atoms with Gasteiger partial charge >= 0.3 is 0 Å². The molecule has 0 aromatic carbocycles. The van der Waals surface area contributed by atoms with E-state index in [1.807, 2.05) is 0 Å². The third-order valence-electron chi connectivity index (χ3n) is 2.24. The first-order valence-electron chi connectivity index (χ1n) is 4.41. The van der Waals surface area contributed by atoms with Crippen LogP contribution in [0.2, 0.25) is 5.02 Å². The van der Waals surface area contributed by atoms with Crippen molar-refractivity contribution in [2.45, 2.75) is 13.5 Å². The molecule has 0 atom stereocenters. The summed E-state index contributed by atoms with van der Waals surface area (Å²) in [6.45, 7) is 1.51. The molecule has 4 nitrogen and oxygen atoms in total. The Balaban J connectivity index is 2.87. The molecule has 0 aliphatic heterocycles. The Morgan fingerprint density at radius 3 is 3.00 bits per heavy atom. The quantitative estimate of drug-likeness (QED) is 0.769. The van der Waals surface area contributed by atoms with Gasteiger partial charge in [-0.2, -0.15) is 0 Å². The van der Waals surface area contributed by atoms with Crippen molar-refractivity contribution in [2.75, 3.05) is 0 Å². The van der Waals surface area contributed by atoms with Gasteiger partial charge in [0.15, 0.2) is 0 Å². The van der Waals surface area contributed by atoms with E-state index >= 15 is 0 Å². The SMILES string of the molecule is Cc1cc2ncc(CO)c(Cl)c2[nH]c1=O. The number of aromatic nitrogens is 2. The van der Waals surface area contributed by atoms with Crippen molar-refractivity contribution < 1.29 is 5.11 Å². The fourth-order valence-corrected chi connectivity index (χ4v) is 1.62. The third kappa shape index (κ3) is 1.62. The fraction of sp³-hybridized carbons (Fsp3) is 0.200. The monoisotopic (exact) mass is 224 g/mol. The summed E-state index contributed by atoms with van der Waals surface area (Å²) in [7, 11) is 0. The van der Waals surface area contributed by atoms with Gasteiger partial charge < -0.3 is 10.1 Å². The Kier molecular flexibility index (Phi) is 2.46. The molecular weight excluding hydrogens is 216 g/mol. The minimum atomic E-state index is -0.197. The smallest absolute Gasteiger partial charge is 0.251 e. The molecule has 0 spiro atoms. The van der Waals surface area contributed by atoms with E-state index in [2.05, 4.69) is 9.97 Å². The van der Waals surface area contributed by atoms with Gasteiger partial charge in [-0.25, -0.2) is 0 Å². The second kappa shape index (κ2) is 3.64. The number of nitrogens with zero attached hydrogens (tertiary/aromatic N) is 1. The normalized spacial score (nSPS) is 10.9. The fourth-order valence-electron chi connectivity index (χ4n) is 1.36. The number of H-pyrrole nitrogens is 1. The lowest BCUT2D eigenvalue weighted by atomic mass is 10.2. The minimum Gasteiger partial charge on any atom is -0.392 e. The molecule has 0 unspecified atom stereocenters. The number of hydrogen-bond donors (Lipinski definition) is 2. The van der Waals surface area contributed by atoms with E-state index in [1.165, 1.54) is 6.20 Å². The first-order chi connectivity index (χ1) is 7.13.